The molecule has 2 aromatic rings. The van der Waals surface area contributed by atoms with Gasteiger partial charge in [-0.2, -0.15) is 4.98 Å². The molecule has 0 spiro atoms. The van der Waals surface area contributed by atoms with E-state index in [-0.39, 0.29) is 12.4 Å². The number of rotatable bonds is 5. The number of hydrogen-bond acceptors (Lipinski definition) is 4. The predicted octanol–water partition coefficient (Wildman–Crippen LogP) is 4.85. The highest BCUT2D eigenvalue weighted by Gasteiger charge is 2.26. The molecule has 3 rings (SSSR count). The third-order valence-electron chi connectivity index (χ3n) is 5.04. The van der Waals surface area contributed by atoms with E-state index < -0.39 is 0 Å². The van der Waals surface area contributed by atoms with Crippen LogP contribution in [0.3, 0.4) is 0 Å². The normalized spacial score (nSPS) is 16.2. The van der Waals surface area contributed by atoms with Gasteiger partial charge in [-0.25, -0.2) is 4.98 Å². The Morgan fingerprint density at radius 1 is 1.20 bits per heavy atom. The van der Waals surface area contributed by atoms with Gasteiger partial charge in [0.25, 0.3) is 0 Å². The fraction of sp³-hybridized carbons (Fsp3) is 0.500. The Balaban J connectivity index is 0.00000225. The molecule has 1 unspecified atom stereocenters. The van der Waals surface area contributed by atoms with Gasteiger partial charge in [0.05, 0.1) is 6.04 Å². The lowest BCUT2D eigenvalue weighted by Gasteiger charge is -2.37. The van der Waals surface area contributed by atoms with Gasteiger partial charge >= 0.3 is 0 Å². The van der Waals surface area contributed by atoms with E-state index in [0.717, 1.165) is 43.4 Å². The number of hydrogen-bond donors (Lipinski definition) is 1. The summed E-state index contributed by atoms with van der Waals surface area (Å²) in [5, 5.41) is 3.38. The smallest absolute Gasteiger partial charge is 0.224 e. The Bertz CT molecular complexity index is 717. The molecule has 0 radical (unpaired) electrons. The van der Waals surface area contributed by atoms with Crippen molar-refractivity contribution in [1.82, 2.24) is 9.97 Å². The van der Waals surface area contributed by atoms with Crippen LogP contribution in [0.4, 0.5) is 11.8 Å². The van der Waals surface area contributed by atoms with E-state index in [1.165, 1.54) is 23.1 Å². The maximum absolute atomic E-state index is 4.86. The average Bonchev–Trinajstić information content (AvgIpc) is 2.59. The number of aromatic nitrogens is 2. The molecular weight excluding hydrogens is 332 g/mol. The van der Waals surface area contributed by atoms with E-state index in [0.29, 0.717) is 6.04 Å². The highest BCUT2D eigenvalue weighted by Crippen LogP contribution is 2.34. The van der Waals surface area contributed by atoms with Gasteiger partial charge in [0, 0.05) is 24.3 Å². The van der Waals surface area contributed by atoms with Crippen molar-refractivity contribution in [3.05, 3.63) is 46.6 Å². The molecule has 0 saturated heterocycles. The molecule has 1 aromatic heterocycles. The van der Waals surface area contributed by atoms with Gasteiger partial charge < -0.3 is 10.2 Å². The molecule has 1 atom stereocenters. The maximum atomic E-state index is 4.86. The first-order chi connectivity index (χ1) is 11.6. The summed E-state index contributed by atoms with van der Waals surface area (Å²) in [6.45, 7) is 10.6. The first kappa shape index (κ1) is 19.5. The molecule has 0 saturated carbocycles. The van der Waals surface area contributed by atoms with Gasteiger partial charge in [-0.15, -0.1) is 12.4 Å². The third-order valence-corrected chi connectivity index (χ3v) is 5.04. The van der Waals surface area contributed by atoms with Gasteiger partial charge in [0.1, 0.15) is 5.82 Å². The van der Waals surface area contributed by atoms with Crippen LogP contribution in [0.1, 0.15) is 55.1 Å². The minimum Gasteiger partial charge on any atom is -0.354 e. The monoisotopic (exact) mass is 360 g/mol. The number of unbranched alkanes of at least 4 members (excludes halogenated alkanes) is 1. The first-order valence-electron chi connectivity index (χ1n) is 9.05. The zero-order valence-corrected chi connectivity index (χ0v) is 16.5. The number of anilines is 2. The third kappa shape index (κ3) is 4.06. The summed E-state index contributed by atoms with van der Waals surface area (Å²) in [4.78, 5) is 11.9. The lowest BCUT2D eigenvalue weighted by molar-refractivity contribution is 0.614. The average molecular weight is 361 g/mol. The summed E-state index contributed by atoms with van der Waals surface area (Å²) in [5.41, 5.74) is 5.12. The summed E-state index contributed by atoms with van der Waals surface area (Å²) in [6.07, 6.45) is 3.38. The SMILES string of the molecule is CCCCNc1nc(C)c(C)c(N2CCc3ccccc3C2C)n1.Cl. The Morgan fingerprint density at radius 2 is 1.96 bits per heavy atom. The van der Waals surface area contributed by atoms with Crippen molar-refractivity contribution in [2.24, 2.45) is 0 Å². The predicted molar refractivity (Wildman–Crippen MR) is 108 cm³/mol. The fourth-order valence-corrected chi connectivity index (χ4v) is 3.41. The number of halogens is 1. The van der Waals surface area contributed by atoms with Crippen LogP contribution in [0.25, 0.3) is 0 Å². The zero-order chi connectivity index (χ0) is 17.1. The van der Waals surface area contributed by atoms with Crippen LogP contribution in [0.15, 0.2) is 24.3 Å². The molecule has 5 heteroatoms. The standard InChI is InChI=1S/C20H28N4.ClH/c1-5-6-12-21-20-22-15(3)14(2)19(23-20)24-13-11-17-9-7-8-10-18(17)16(24)4;/h7-10,16H,5-6,11-13H2,1-4H3,(H,21,22,23);1H. The van der Waals surface area contributed by atoms with Crippen molar-refractivity contribution in [2.45, 2.75) is 53.0 Å². The molecule has 136 valence electrons. The van der Waals surface area contributed by atoms with Crippen LogP contribution in [0.5, 0.6) is 0 Å². The van der Waals surface area contributed by atoms with Crippen LogP contribution in [-0.2, 0) is 6.42 Å². The van der Waals surface area contributed by atoms with Crippen molar-refractivity contribution in [3.63, 3.8) is 0 Å². The minimum absolute atomic E-state index is 0. The Hall–Kier alpha value is -1.81. The summed E-state index contributed by atoms with van der Waals surface area (Å²) in [7, 11) is 0. The summed E-state index contributed by atoms with van der Waals surface area (Å²) >= 11 is 0. The molecule has 25 heavy (non-hydrogen) atoms. The quantitative estimate of drug-likeness (QED) is 0.774. The lowest BCUT2D eigenvalue weighted by Crippen LogP contribution is -2.35. The highest BCUT2D eigenvalue weighted by atomic mass is 35.5. The van der Waals surface area contributed by atoms with E-state index in [9.17, 15) is 0 Å². The van der Waals surface area contributed by atoms with Crippen molar-refractivity contribution in [2.75, 3.05) is 23.3 Å². The van der Waals surface area contributed by atoms with Gasteiger partial charge in [0.2, 0.25) is 5.95 Å². The van der Waals surface area contributed by atoms with Crippen molar-refractivity contribution < 1.29 is 0 Å². The Morgan fingerprint density at radius 3 is 2.72 bits per heavy atom. The second-order valence-electron chi connectivity index (χ2n) is 6.68. The Kier molecular flexibility index (Phi) is 6.65. The molecule has 1 N–H and O–H groups in total. The van der Waals surface area contributed by atoms with Crippen LogP contribution in [0.2, 0.25) is 0 Å². The number of nitrogens with one attached hydrogen (secondary N) is 1. The second kappa shape index (κ2) is 8.52. The number of nitrogens with zero attached hydrogens (tertiary/aromatic N) is 3. The van der Waals surface area contributed by atoms with E-state index >= 15 is 0 Å². The lowest BCUT2D eigenvalue weighted by atomic mass is 9.93. The highest BCUT2D eigenvalue weighted by molar-refractivity contribution is 5.85. The van der Waals surface area contributed by atoms with Crippen LogP contribution >= 0.6 is 12.4 Å². The van der Waals surface area contributed by atoms with Gasteiger partial charge in [-0.3, -0.25) is 0 Å². The molecule has 0 fully saturated rings. The number of benzene rings is 1. The zero-order valence-electron chi connectivity index (χ0n) is 15.7. The number of aryl methyl sites for hydroxylation is 1. The van der Waals surface area contributed by atoms with Crippen molar-refractivity contribution in [3.8, 4) is 0 Å². The van der Waals surface area contributed by atoms with Crippen LogP contribution in [0, 0.1) is 13.8 Å². The largest absolute Gasteiger partial charge is 0.354 e. The summed E-state index contributed by atoms with van der Waals surface area (Å²) in [5.74, 6) is 1.83. The molecule has 1 aliphatic rings. The molecule has 0 amide bonds. The van der Waals surface area contributed by atoms with Crippen LogP contribution in [-0.4, -0.2) is 23.1 Å². The molecule has 2 heterocycles. The molecule has 0 bridgehead atoms. The van der Waals surface area contributed by atoms with Gasteiger partial charge in [-0.1, -0.05) is 37.6 Å². The molecule has 4 nitrogen and oxygen atoms in total. The van der Waals surface area contributed by atoms with E-state index in [2.05, 4.69) is 67.2 Å². The second-order valence-corrected chi connectivity index (χ2v) is 6.68. The summed E-state index contributed by atoms with van der Waals surface area (Å²) < 4.78 is 0. The van der Waals surface area contributed by atoms with Gasteiger partial charge in [-0.05, 0) is 44.7 Å². The Labute approximate surface area is 157 Å². The van der Waals surface area contributed by atoms with Crippen molar-refractivity contribution in [1.29, 1.82) is 0 Å². The fourth-order valence-electron chi connectivity index (χ4n) is 3.41. The molecular formula is C20H29ClN4. The van der Waals surface area contributed by atoms with E-state index in [1.54, 1.807) is 0 Å². The van der Waals surface area contributed by atoms with E-state index in [4.69, 9.17) is 4.98 Å². The first-order valence-corrected chi connectivity index (χ1v) is 9.05. The number of fused-ring (bicyclic) bond motifs is 1. The maximum Gasteiger partial charge on any atom is 0.224 e. The molecule has 1 aromatic carbocycles. The molecule has 0 aliphatic carbocycles. The minimum atomic E-state index is 0. The summed E-state index contributed by atoms with van der Waals surface area (Å²) in [6, 6.07) is 9.10. The van der Waals surface area contributed by atoms with Gasteiger partial charge in [0.15, 0.2) is 0 Å². The topological polar surface area (TPSA) is 41.1 Å². The van der Waals surface area contributed by atoms with Crippen molar-refractivity contribution >= 4 is 24.2 Å². The van der Waals surface area contributed by atoms with E-state index in [1.807, 2.05) is 0 Å². The van der Waals surface area contributed by atoms with Crippen LogP contribution < -0.4 is 10.2 Å². The molecule has 1 aliphatic heterocycles.